The first kappa shape index (κ1) is 18.1. The summed E-state index contributed by atoms with van der Waals surface area (Å²) in [4.78, 5) is 2.48. The quantitative estimate of drug-likeness (QED) is 0.715. The Kier molecular flexibility index (Phi) is 8.58. The number of hydrogen-bond donors (Lipinski definition) is 1. The Hall–Kier alpha value is -0.900. The molecular weight excluding hydrogens is 260 g/mol. The van der Waals surface area contributed by atoms with E-state index in [0.29, 0.717) is 12.1 Å². The molecule has 0 saturated heterocycles. The maximum absolute atomic E-state index is 5.24. The van der Waals surface area contributed by atoms with Crippen LogP contribution in [0.2, 0.25) is 0 Å². The molecule has 0 fully saturated rings. The van der Waals surface area contributed by atoms with E-state index in [-0.39, 0.29) is 0 Å². The Bertz CT molecular complexity index is 377. The fourth-order valence-corrected chi connectivity index (χ4v) is 2.71. The van der Waals surface area contributed by atoms with Gasteiger partial charge in [-0.2, -0.15) is 0 Å². The van der Waals surface area contributed by atoms with Gasteiger partial charge in [0, 0.05) is 25.7 Å². The molecule has 2 unspecified atom stereocenters. The molecule has 21 heavy (non-hydrogen) atoms. The third-order valence-corrected chi connectivity index (χ3v) is 4.10. The van der Waals surface area contributed by atoms with Crippen molar-refractivity contribution in [2.75, 3.05) is 33.4 Å². The first-order chi connectivity index (χ1) is 10.1. The Morgan fingerprint density at radius 3 is 2.38 bits per heavy atom. The molecule has 0 heterocycles. The average Bonchev–Trinajstić information content (AvgIpc) is 2.50. The standard InChI is InChI=1S/C18H32N2O/c1-6-12-19-18(17-10-8-15(3)9-11-17)16(4)20(7-2)13-14-21-5/h8-11,16,18-19H,6-7,12-14H2,1-5H3. The van der Waals surface area contributed by atoms with Crippen molar-refractivity contribution in [1.29, 1.82) is 0 Å². The van der Waals surface area contributed by atoms with Gasteiger partial charge in [-0.15, -0.1) is 0 Å². The lowest BCUT2D eigenvalue weighted by atomic mass is 9.98. The number of aryl methyl sites for hydroxylation is 1. The van der Waals surface area contributed by atoms with Crippen LogP contribution in [0, 0.1) is 6.92 Å². The average molecular weight is 292 g/mol. The summed E-state index contributed by atoms with van der Waals surface area (Å²) >= 11 is 0. The summed E-state index contributed by atoms with van der Waals surface area (Å²) in [6, 6.07) is 9.72. The molecule has 1 N–H and O–H groups in total. The SMILES string of the molecule is CCCNC(c1ccc(C)cc1)C(C)N(CC)CCOC. The molecule has 0 aliphatic rings. The van der Waals surface area contributed by atoms with Gasteiger partial charge in [-0.1, -0.05) is 43.7 Å². The molecule has 0 aliphatic carbocycles. The second-order valence-electron chi connectivity index (χ2n) is 5.70. The van der Waals surface area contributed by atoms with Crippen LogP contribution in [0.1, 0.15) is 44.4 Å². The molecule has 1 aromatic rings. The number of nitrogens with zero attached hydrogens (tertiary/aromatic N) is 1. The minimum atomic E-state index is 0.363. The van der Waals surface area contributed by atoms with Gasteiger partial charge in [0.1, 0.15) is 0 Å². The summed E-state index contributed by atoms with van der Waals surface area (Å²) in [6.45, 7) is 12.7. The fourth-order valence-electron chi connectivity index (χ4n) is 2.71. The number of benzene rings is 1. The van der Waals surface area contributed by atoms with Crippen LogP contribution in [0.4, 0.5) is 0 Å². The normalized spacial score (nSPS) is 14.4. The van der Waals surface area contributed by atoms with E-state index >= 15 is 0 Å². The van der Waals surface area contributed by atoms with Gasteiger partial charge in [-0.25, -0.2) is 0 Å². The van der Waals surface area contributed by atoms with Crippen molar-refractivity contribution in [3.05, 3.63) is 35.4 Å². The molecule has 120 valence electrons. The molecule has 0 aromatic heterocycles. The van der Waals surface area contributed by atoms with Gasteiger partial charge in [0.25, 0.3) is 0 Å². The minimum Gasteiger partial charge on any atom is -0.383 e. The Morgan fingerprint density at radius 2 is 1.86 bits per heavy atom. The predicted molar refractivity (Wildman–Crippen MR) is 90.8 cm³/mol. The molecule has 1 aromatic carbocycles. The second kappa shape index (κ2) is 9.93. The number of rotatable bonds is 10. The summed E-state index contributed by atoms with van der Waals surface area (Å²) in [7, 11) is 1.77. The van der Waals surface area contributed by atoms with E-state index in [2.05, 4.69) is 62.2 Å². The van der Waals surface area contributed by atoms with E-state index in [4.69, 9.17) is 4.74 Å². The van der Waals surface area contributed by atoms with Crippen molar-refractivity contribution in [2.45, 2.75) is 46.2 Å². The molecule has 0 radical (unpaired) electrons. The molecule has 0 spiro atoms. The lowest BCUT2D eigenvalue weighted by molar-refractivity contribution is 0.113. The Labute approximate surface area is 130 Å². The molecule has 0 aliphatic heterocycles. The first-order valence-corrected chi connectivity index (χ1v) is 8.16. The minimum absolute atomic E-state index is 0.363. The van der Waals surface area contributed by atoms with Gasteiger partial charge in [0.2, 0.25) is 0 Å². The number of ether oxygens (including phenoxy) is 1. The topological polar surface area (TPSA) is 24.5 Å². The van der Waals surface area contributed by atoms with Gasteiger partial charge in [0.05, 0.1) is 6.61 Å². The van der Waals surface area contributed by atoms with Gasteiger partial charge in [0.15, 0.2) is 0 Å². The molecule has 3 heteroatoms. The summed E-state index contributed by atoms with van der Waals surface area (Å²) in [5.74, 6) is 0. The van der Waals surface area contributed by atoms with E-state index in [0.717, 1.165) is 32.7 Å². The van der Waals surface area contributed by atoms with Crippen molar-refractivity contribution in [3.8, 4) is 0 Å². The lowest BCUT2D eigenvalue weighted by Gasteiger charge is -2.35. The number of methoxy groups -OCH3 is 1. The fraction of sp³-hybridized carbons (Fsp3) is 0.667. The first-order valence-electron chi connectivity index (χ1n) is 8.16. The third-order valence-electron chi connectivity index (χ3n) is 4.10. The zero-order chi connectivity index (χ0) is 15.7. The van der Waals surface area contributed by atoms with Crippen molar-refractivity contribution < 1.29 is 4.74 Å². The maximum atomic E-state index is 5.24. The highest BCUT2D eigenvalue weighted by Crippen LogP contribution is 2.21. The Balaban J connectivity index is 2.86. The van der Waals surface area contributed by atoms with Crippen molar-refractivity contribution >= 4 is 0 Å². The second-order valence-corrected chi connectivity index (χ2v) is 5.70. The van der Waals surface area contributed by atoms with Crippen LogP contribution in [-0.2, 0) is 4.74 Å². The Morgan fingerprint density at radius 1 is 1.19 bits per heavy atom. The monoisotopic (exact) mass is 292 g/mol. The van der Waals surface area contributed by atoms with E-state index < -0.39 is 0 Å². The van der Waals surface area contributed by atoms with Gasteiger partial charge in [-0.05, 0) is 38.9 Å². The maximum Gasteiger partial charge on any atom is 0.0589 e. The van der Waals surface area contributed by atoms with Crippen LogP contribution in [0.15, 0.2) is 24.3 Å². The molecule has 0 bridgehead atoms. The van der Waals surface area contributed by atoms with E-state index in [1.807, 2.05) is 0 Å². The molecule has 2 atom stereocenters. The van der Waals surface area contributed by atoms with Gasteiger partial charge in [-0.3, -0.25) is 4.90 Å². The highest BCUT2D eigenvalue weighted by molar-refractivity contribution is 5.25. The molecule has 1 rings (SSSR count). The van der Waals surface area contributed by atoms with Crippen molar-refractivity contribution in [2.24, 2.45) is 0 Å². The van der Waals surface area contributed by atoms with Crippen LogP contribution >= 0.6 is 0 Å². The summed E-state index contributed by atoms with van der Waals surface area (Å²) < 4.78 is 5.24. The van der Waals surface area contributed by atoms with Crippen LogP contribution in [0.25, 0.3) is 0 Å². The zero-order valence-electron chi connectivity index (χ0n) is 14.4. The number of nitrogens with one attached hydrogen (secondary N) is 1. The molecular formula is C18H32N2O. The van der Waals surface area contributed by atoms with Crippen molar-refractivity contribution in [3.63, 3.8) is 0 Å². The highest BCUT2D eigenvalue weighted by atomic mass is 16.5. The summed E-state index contributed by atoms with van der Waals surface area (Å²) in [5, 5.41) is 3.71. The van der Waals surface area contributed by atoms with E-state index in [9.17, 15) is 0 Å². The van der Waals surface area contributed by atoms with Crippen LogP contribution in [-0.4, -0.2) is 44.3 Å². The smallest absolute Gasteiger partial charge is 0.0589 e. The molecule has 3 nitrogen and oxygen atoms in total. The summed E-state index contributed by atoms with van der Waals surface area (Å²) in [5.41, 5.74) is 2.68. The predicted octanol–water partition coefficient (Wildman–Crippen LogP) is 3.39. The highest BCUT2D eigenvalue weighted by Gasteiger charge is 2.23. The number of hydrogen-bond acceptors (Lipinski definition) is 3. The van der Waals surface area contributed by atoms with E-state index in [1.54, 1.807) is 7.11 Å². The van der Waals surface area contributed by atoms with Crippen LogP contribution < -0.4 is 5.32 Å². The van der Waals surface area contributed by atoms with Crippen LogP contribution in [0.5, 0.6) is 0 Å². The zero-order valence-corrected chi connectivity index (χ0v) is 14.4. The largest absolute Gasteiger partial charge is 0.383 e. The molecule has 0 amide bonds. The third kappa shape index (κ3) is 5.77. The van der Waals surface area contributed by atoms with Gasteiger partial charge < -0.3 is 10.1 Å². The lowest BCUT2D eigenvalue weighted by Crippen LogP contribution is -2.44. The molecule has 0 saturated carbocycles. The van der Waals surface area contributed by atoms with Crippen LogP contribution in [0.3, 0.4) is 0 Å². The van der Waals surface area contributed by atoms with Crippen molar-refractivity contribution in [1.82, 2.24) is 10.2 Å². The summed E-state index contributed by atoms with van der Waals surface area (Å²) in [6.07, 6.45) is 1.15. The van der Waals surface area contributed by atoms with Gasteiger partial charge >= 0.3 is 0 Å². The van der Waals surface area contributed by atoms with E-state index in [1.165, 1.54) is 11.1 Å². The number of likely N-dealkylation sites (N-methyl/N-ethyl adjacent to an activating group) is 1.